The molecule has 0 bridgehead atoms. The molecule has 0 fully saturated rings. The standard InChI is InChI=1S/C18H16N4O4S/c1-10-20-17-15(12-6-2-3-8-14(12)27-17)18(24)21(10)19-9-11-5-4-7-13(16(11)23)22(25)26/h4-5,7,9,23H,2-3,6,8H2,1H3/b19-9-. The van der Waals surface area contributed by atoms with Crippen LogP contribution in [0.2, 0.25) is 0 Å². The van der Waals surface area contributed by atoms with Crippen molar-refractivity contribution in [3.63, 3.8) is 0 Å². The lowest BCUT2D eigenvalue weighted by atomic mass is 9.97. The van der Waals surface area contributed by atoms with Crippen molar-refractivity contribution in [2.45, 2.75) is 32.6 Å². The Morgan fingerprint density at radius 3 is 2.93 bits per heavy atom. The van der Waals surface area contributed by atoms with Crippen LogP contribution in [0.1, 0.15) is 34.7 Å². The normalized spacial score (nSPS) is 14.0. The summed E-state index contributed by atoms with van der Waals surface area (Å²) in [5, 5.41) is 25.8. The van der Waals surface area contributed by atoms with Gasteiger partial charge in [-0.25, -0.2) is 4.98 Å². The fourth-order valence-corrected chi connectivity index (χ4v) is 4.65. The number of para-hydroxylation sites is 1. The molecule has 1 aliphatic carbocycles. The lowest BCUT2D eigenvalue weighted by molar-refractivity contribution is -0.385. The monoisotopic (exact) mass is 384 g/mol. The Bertz CT molecular complexity index is 1160. The van der Waals surface area contributed by atoms with E-state index < -0.39 is 16.4 Å². The number of nitrogens with zero attached hydrogens (tertiary/aromatic N) is 4. The highest BCUT2D eigenvalue weighted by Gasteiger charge is 2.21. The summed E-state index contributed by atoms with van der Waals surface area (Å²) in [7, 11) is 0. The molecule has 2 aromatic heterocycles. The third-order valence-electron chi connectivity index (χ3n) is 4.68. The van der Waals surface area contributed by atoms with E-state index in [2.05, 4.69) is 10.1 Å². The lowest BCUT2D eigenvalue weighted by Gasteiger charge is -2.10. The van der Waals surface area contributed by atoms with E-state index in [9.17, 15) is 20.0 Å². The quantitative estimate of drug-likeness (QED) is 0.424. The first-order valence-electron chi connectivity index (χ1n) is 8.52. The first-order valence-corrected chi connectivity index (χ1v) is 9.33. The predicted molar refractivity (Wildman–Crippen MR) is 103 cm³/mol. The number of phenols is 1. The highest BCUT2D eigenvalue weighted by atomic mass is 32.1. The van der Waals surface area contributed by atoms with Crippen molar-refractivity contribution in [2.24, 2.45) is 5.10 Å². The molecule has 9 heteroatoms. The fraction of sp³-hybridized carbons (Fsp3) is 0.278. The van der Waals surface area contributed by atoms with E-state index in [1.54, 1.807) is 18.3 Å². The average molecular weight is 384 g/mol. The number of nitro benzene ring substituents is 1. The molecule has 1 aromatic carbocycles. The second kappa shape index (κ2) is 6.58. The number of thiophene rings is 1. The molecule has 0 atom stereocenters. The van der Waals surface area contributed by atoms with Gasteiger partial charge in [0.25, 0.3) is 5.56 Å². The van der Waals surface area contributed by atoms with E-state index in [-0.39, 0.29) is 11.1 Å². The van der Waals surface area contributed by atoms with E-state index >= 15 is 0 Å². The van der Waals surface area contributed by atoms with Crippen molar-refractivity contribution < 1.29 is 10.0 Å². The minimum absolute atomic E-state index is 0.156. The molecule has 4 rings (SSSR count). The van der Waals surface area contributed by atoms with E-state index in [4.69, 9.17) is 0 Å². The van der Waals surface area contributed by atoms with Gasteiger partial charge in [0.2, 0.25) is 5.75 Å². The largest absolute Gasteiger partial charge is 0.502 e. The minimum Gasteiger partial charge on any atom is -0.502 e. The number of rotatable bonds is 3. The highest BCUT2D eigenvalue weighted by Crippen LogP contribution is 2.33. The molecule has 2 heterocycles. The van der Waals surface area contributed by atoms with E-state index in [0.29, 0.717) is 11.2 Å². The van der Waals surface area contributed by atoms with Crippen molar-refractivity contribution in [3.05, 3.63) is 60.5 Å². The van der Waals surface area contributed by atoms with Gasteiger partial charge in [0.15, 0.2) is 0 Å². The molecule has 0 unspecified atom stereocenters. The summed E-state index contributed by atoms with van der Waals surface area (Å²) in [6.07, 6.45) is 5.25. The highest BCUT2D eigenvalue weighted by molar-refractivity contribution is 7.18. The molecule has 1 aliphatic rings. The van der Waals surface area contributed by atoms with E-state index in [1.165, 1.54) is 34.0 Å². The SMILES string of the molecule is Cc1nc2sc3c(c2c(=O)n1/N=C\c1cccc([N+](=O)[O-])c1O)CCCC3. The predicted octanol–water partition coefficient (Wildman–Crippen LogP) is 3.14. The molecule has 0 spiro atoms. The van der Waals surface area contributed by atoms with E-state index in [0.717, 1.165) is 36.1 Å². The molecular weight excluding hydrogens is 368 g/mol. The maximum absolute atomic E-state index is 13.0. The smallest absolute Gasteiger partial charge is 0.311 e. The van der Waals surface area contributed by atoms with Crippen LogP contribution in [0.5, 0.6) is 5.75 Å². The number of fused-ring (bicyclic) bond motifs is 3. The maximum atomic E-state index is 13.0. The number of aromatic nitrogens is 2. The van der Waals surface area contributed by atoms with Gasteiger partial charge in [0, 0.05) is 16.5 Å². The summed E-state index contributed by atoms with van der Waals surface area (Å²) in [6.45, 7) is 1.68. The number of hydrogen-bond acceptors (Lipinski definition) is 7. The third kappa shape index (κ3) is 2.89. The van der Waals surface area contributed by atoms with Crippen LogP contribution in [-0.2, 0) is 12.8 Å². The first kappa shape index (κ1) is 17.3. The number of phenolic OH excluding ortho intramolecular Hbond substituents is 1. The average Bonchev–Trinajstić information content (AvgIpc) is 3.00. The summed E-state index contributed by atoms with van der Waals surface area (Å²) in [5.74, 6) is -0.0637. The molecule has 27 heavy (non-hydrogen) atoms. The summed E-state index contributed by atoms with van der Waals surface area (Å²) >= 11 is 1.57. The topological polar surface area (TPSA) is 111 Å². The van der Waals surface area contributed by atoms with Gasteiger partial charge in [-0.3, -0.25) is 14.9 Å². The summed E-state index contributed by atoms with van der Waals surface area (Å²) in [5.41, 5.74) is 0.561. The van der Waals surface area contributed by atoms with E-state index in [1.807, 2.05) is 0 Å². The maximum Gasteiger partial charge on any atom is 0.311 e. The Morgan fingerprint density at radius 2 is 2.15 bits per heavy atom. The number of aryl methyl sites for hydroxylation is 3. The van der Waals surface area contributed by atoms with Crippen molar-refractivity contribution in [3.8, 4) is 5.75 Å². The summed E-state index contributed by atoms with van der Waals surface area (Å²) in [6, 6.07) is 4.14. The Labute approximate surface area is 157 Å². The molecule has 0 amide bonds. The number of benzene rings is 1. The molecule has 138 valence electrons. The zero-order chi connectivity index (χ0) is 19.1. The molecule has 0 saturated carbocycles. The van der Waals surface area contributed by atoms with Crippen LogP contribution < -0.4 is 5.56 Å². The second-order valence-electron chi connectivity index (χ2n) is 6.38. The third-order valence-corrected chi connectivity index (χ3v) is 5.87. The number of nitro groups is 1. The van der Waals surface area contributed by atoms with Crippen LogP contribution in [0.4, 0.5) is 5.69 Å². The van der Waals surface area contributed by atoms with Gasteiger partial charge in [0.1, 0.15) is 10.7 Å². The molecule has 0 aliphatic heterocycles. The van der Waals surface area contributed by atoms with Crippen molar-refractivity contribution in [1.29, 1.82) is 0 Å². The van der Waals surface area contributed by atoms with Gasteiger partial charge in [0.05, 0.1) is 16.5 Å². The van der Waals surface area contributed by atoms with Crippen LogP contribution >= 0.6 is 11.3 Å². The lowest BCUT2D eigenvalue weighted by Crippen LogP contribution is -2.21. The Balaban J connectivity index is 1.83. The van der Waals surface area contributed by atoms with Crippen LogP contribution in [-0.4, -0.2) is 25.9 Å². The first-order chi connectivity index (χ1) is 13.0. The molecule has 0 radical (unpaired) electrons. The fourth-order valence-electron chi connectivity index (χ4n) is 3.35. The van der Waals surface area contributed by atoms with Gasteiger partial charge < -0.3 is 5.11 Å². The molecule has 1 N–H and O–H groups in total. The van der Waals surface area contributed by atoms with Crippen LogP contribution in [0.25, 0.3) is 10.2 Å². The van der Waals surface area contributed by atoms with Gasteiger partial charge in [-0.1, -0.05) is 6.07 Å². The zero-order valence-corrected chi connectivity index (χ0v) is 15.3. The minimum atomic E-state index is -0.671. The van der Waals surface area contributed by atoms with Crippen molar-refractivity contribution in [1.82, 2.24) is 9.66 Å². The Kier molecular flexibility index (Phi) is 4.23. The molecule has 0 saturated heterocycles. The van der Waals surface area contributed by atoms with Gasteiger partial charge >= 0.3 is 5.69 Å². The summed E-state index contributed by atoms with van der Waals surface area (Å²) < 4.78 is 1.18. The van der Waals surface area contributed by atoms with Crippen LogP contribution in [0.3, 0.4) is 0 Å². The summed E-state index contributed by atoms with van der Waals surface area (Å²) in [4.78, 5) is 29.8. The van der Waals surface area contributed by atoms with Gasteiger partial charge in [-0.2, -0.15) is 9.78 Å². The second-order valence-corrected chi connectivity index (χ2v) is 7.47. The van der Waals surface area contributed by atoms with Gasteiger partial charge in [-0.15, -0.1) is 11.3 Å². The molecular formula is C18H16N4O4S. The Hall–Kier alpha value is -3.07. The molecule has 8 nitrogen and oxygen atoms in total. The van der Waals surface area contributed by atoms with Crippen molar-refractivity contribution in [2.75, 3.05) is 0 Å². The van der Waals surface area contributed by atoms with Crippen molar-refractivity contribution >= 4 is 33.5 Å². The molecule has 3 aromatic rings. The van der Waals surface area contributed by atoms with Crippen LogP contribution in [0, 0.1) is 17.0 Å². The zero-order valence-electron chi connectivity index (χ0n) is 14.5. The number of hydrogen-bond donors (Lipinski definition) is 1. The number of aromatic hydroxyl groups is 1. The van der Waals surface area contributed by atoms with Crippen LogP contribution in [0.15, 0.2) is 28.1 Å². The van der Waals surface area contributed by atoms with Gasteiger partial charge in [-0.05, 0) is 44.2 Å². The Morgan fingerprint density at radius 1 is 1.37 bits per heavy atom.